The zero-order chi connectivity index (χ0) is 40.6. The van der Waals surface area contributed by atoms with Crippen molar-refractivity contribution in [2.45, 2.75) is 112 Å². The molecule has 302 valence electrons. The van der Waals surface area contributed by atoms with Gasteiger partial charge in [0.1, 0.15) is 11.4 Å². The molecule has 2 bridgehead atoms. The number of anilines is 1. The van der Waals surface area contributed by atoms with Crippen LogP contribution in [0.5, 0.6) is 0 Å². The largest absolute Gasteiger partial charge is 0.465 e. The number of hydrogen-bond donors (Lipinski definition) is 1. The van der Waals surface area contributed by atoms with Crippen molar-refractivity contribution in [2.75, 3.05) is 44.6 Å². The lowest BCUT2D eigenvalue weighted by atomic mass is 9.48. The highest BCUT2D eigenvalue weighted by molar-refractivity contribution is 7.85. The molecule has 5 rings (SSSR count). The van der Waals surface area contributed by atoms with Gasteiger partial charge in [0.15, 0.2) is 5.69 Å². The van der Waals surface area contributed by atoms with E-state index in [4.69, 9.17) is 34.1 Å². The first-order valence-corrected chi connectivity index (χ1v) is 20.9. The molecule has 2 saturated carbocycles. The van der Waals surface area contributed by atoms with Gasteiger partial charge in [0.05, 0.1) is 37.7 Å². The Bertz CT molecular complexity index is 1970. The third-order valence-electron chi connectivity index (χ3n) is 10.9. The lowest BCUT2D eigenvalue weighted by Crippen LogP contribution is -2.57. The van der Waals surface area contributed by atoms with E-state index in [1.807, 2.05) is 56.9 Å². The van der Waals surface area contributed by atoms with Crippen LogP contribution in [0, 0.1) is 16.2 Å². The number of nitrogens with two attached hydrogens (primary N) is 1. The fourth-order valence-corrected chi connectivity index (χ4v) is 10.4. The number of nitrogens with zero attached hydrogens (tertiary/aromatic N) is 3. The highest BCUT2D eigenvalue weighted by Gasteiger charge is 2.58. The Morgan fingerprint density at radius 1 is 0.982 bits per heavy atom. The van der Waals surface area contributed by atoms with Crippen LogP contribution < -0.4 is 10.6 Å². The highest BCUT2D eigenvalue weighted by atomic mass is 32.2. The van der Waals surface area contributed by atoms with E-state index in [0.29, 0.717) is 54.3 Å². The first kappa shape index (κ1) is 42.3. The predicted molar refractivity (Wildman–Crippen MR) is 215 cm³/mol. The number of carbonyl (C=O) groups is 2. The van der Waals surface area contributed by atoms with Crippen LogP contribution in [-0.4, -0.2) is 81.9 Å². The molecule has 13 heteroatoms. The number of fused-ring (bicyclic) bond motifs is 3. The lowest BCUT2D eigenvalue weighted by Gasteiger charge is -2.61. The molecule has 1 aromatic carbocycles. The first-order valence-electron chi connectivity index (χ1n) is 19.1. The highest BCUT2D eigenvalue weighted by Crippen LogP contribution is 2.63. The number of methoxy groups -OCH3 is 1. The number of carbonyl (C=O) groups excluding carboxylic acids is 2. The van der Waals surface area contributed by atoms with Crippen LogP contribution in [0.1, 0.15) is 125 Å². The van der Waals surface area contributed by atoms with Gasteiger partial charge in [-0.25, -0.2) is 14.6 Å². The average Bonchev–Trinajstić information content (AvgIpc) is 3.06. The Morgan fingerprint density at radius 3 is 2.36 bits per heavy atom. The van der Waals surface area contributed by atoms with Crippen LogP contribution in [0.3, 0.4) is 0 Å². The molecule has 3 aliphatic rings. The summed E-state index contributed by atoms with van der Waals surface area (Å²) in [6.07, 6.45) is 7.70. The molecule has 0 amide bonds. The number of allylic oxidation sites excluding steroid dienone is 1. The van der Waals surface area contributed by atoms with E-state index < -0.39 is 33.3 Å². The molecule has 2 aromatic rings. The second-order valence-electron chi connectivity index (χ2n) is 18.4. The van der Waals surface area contributed by atoms with Crippen molar-refractivity contribution in [1.82, 2.24) is 4.98 Å². The maximum atomic E-state index is 13.9. The molecule has 2 fully saturated rings. The fourth-order valence-electron chi connectivity index (χ4n) is 10.0. The van der Waals surface area contributed by atoms with E-state index in [1.54, 1.807) is 6.07 Å². The van der Waals surface area contributed by atoms with E-state index in [2.05, 4.69) is 27.7 Å². The van der Waals surface area contributed by atoms with Crippen molar-refractivity contribution in [2.24, 2.45) is 27.0 Å². The van der Waals surface area contributed by atoms with Crippen molar-refractivity contribution in [1.29, 1.82) is 0 Å². The normalized spacial score (nSPS) is 25.6. The summed E-state index contributed by atoms with van der Waals surface area (Å²) >= 11 is 0. The number of aliphatic imine (C=N–C) groups is 1. The molecular formula is C42H60N4O8S. The Labute approximate surface area is 327 Å². The van der Waals surface area contributed by atoms with Gasteiger partial charge >= 0.3 is 11.9 Å². The third kappa shape index (κ3) is 10.3. The molecule has 55 heavy (non-hydrogen) atoms. The molecule has 3 atom stereocenters. The zero-order valence-corrected chi connectivity index (χ0v) is 35.2. The number of pyridine rings is 1. The Morgan fingerprint density at radius 2 is 1.71 bits per heavy atom. The van der Waals surface area contributed by atoms with E-state index >= 15 is 0 Å². The minimum atomic E-state index is -3.57. The van der Waals surface area contributed by atoms with Crippen molar-refractivity contribution in [3.8, 4) is 0 Å². The second-order valence-corrected chi connectivity index (χ2v) is 20.0. The quantitative estimate of drug-likeness (QED) is 0.103. The van der Waals surface area contributed by atoms with E-state index in [1.165, 1.54) is 13.3 Å². The molecule has 1 aliphatic heterocycles. The van der Waals surface area contributed by atoms with Crippen LogP contribution in [-0.2, 0) is 41.5 Å². The predicted octanol–water partition coefficient (Wildman–Crippen LogP) is 6.89. The fraction of sp³-hybridized carbons (Fsp3) is 0.619. The van der Waals surface area contributed by atoms with Gasteiger partial charge in [-0.05, 0) is 112 Å². The van der Waals surface area contributed by atoms with Crippen molar-refractivity contribution in [3.63, 3.8) is 0 Å². The number of esters is 2. The summed E-state index contributed by atoms with van der Waals surface area (Å²) in [6.45, 7) is 18.2. The molecule has 2 N–H and O–H groups in total. The van der Waals surface area contributed by atoms with E-state index in [9.17, 15) is 18.0 Å². The number of rotatable bonds is 12. The SMILES string of the molecule is COC(=O)c1cccc2c1CN(c1ccc(/C(=C/N)C(C)=NCC3(C)CC4(C)CC(C)(C)CC(OCCOS(C)(=O)=O)(C3)C4)c(C(=O)OC(C)(C)C)n1)CC2. The summed E-state index contributed by atoms with van der Waals surface area (Å²) in [5.41, 5.74) is 9.29. The van der Waals surface area contributed by atoms with Gasteiger partial charge in [-0.1, -0.05) is 39.8 Å². The summed E-state index contributed by atoms with van der Waals surface area (Å²) in [7, 11) is -2.19. The van der Waals surface area contributed by atoms with Crippen LogP contribution in [0.4, 0.5) is 5.82 Å². The molecule has 0 saturated heterocycles. The number of benzene rings is 1. The minimum Gasteiger partial charge on any atom is -0.465 e. The second kappa shape index (κ2) is 15.6. The smallest absolute Gasteiger partial charge is 0.358 e. The van der Waals surface area contributed by atoms with Crippen LogP contribution >= 0.6 is 0 Å². The average molecular weight is 781 g/mol. The minimum absolute atomic E-state index is 0.00137. The number of ether oxygens (including phenoxy) is 3. The van der Waals surface area contributed by atoms with E-state index in [-0.39, 0.29) is 35.2 Å². The number of hydrogen-bond acceptors (Lipinski definition) is 12. The Kier molecular flexibility index (Phi) is 12.0. The van der Waals surface area contributed by atoms with Gasteiger partial charge < -0.3 is 24.8 Å². The summed E-state index contributed by atoms with van der Waals surface area (Å²) in [5.74, 6) is -0.398. The van der Waals surface area contributed by atoms with Crippen LogP contribution in [0.2, 0.25) is 0 Å². The first-order chi connectivity index (χ1) is 25.5. The van der Waals surface area contributed by atoms with Gasteiger partial charge in [-0.2, -0.15) is 8.42 Å². The molecule has 1 aromatic heterocycles. The summed E-state index contributed by atoms with van der Waals surface area (Å²) < 4.78 is 45.8. The maximum Gasteiger partial charge on any atom is 0.358 e. The molecule has 0 radical (unpaired) electrons. The summed E-state index contributed by atoms with van der Waals surface area (Å²) in [4.78, 5) is 38.6. The molecule has 2 heterocycles. The van der Waals surface area contributed by atoms with Gasteiger partial charge in [-0.15, -0.1) is 0 Å². The third-order valence-corrected chi connectivity index (χ3v) is 11.5. The standard InChI is InChI=1S/C42H60N4O8S/c1-28(44-27-41(8)24-40(7)22-39(5,6)23-42(25-40,26-41)52-18-19-53-55(10,49)50)32(20-43)30-14-15-34(45-35(30)37(48)54-38(2,3)4)46-17-16-29-12-11-13-31(33(29)21-46)36(47)51-9/h11-15,20H,16-19,21-27,43H2,1-10H3/b32-20+,44-28?. The number of aromatic nitrogens is 1. The monoisotopic (exact) mass is 780 g/mol. The lowest BCUT2D eigenvalue weighted by molar-refractivity contribution is -0.191. The molecule has 3 unspecified atom stereocenters. The van der Waals surface area contributed by atoms with Gasteiger partial charge in [0.2, 0.25) is 0 Å². The molecule has 0 spiro atoms. The van der Waals surface area contributed by atoms with Gasteiger partial charge in [0.25, 0.3) is 10.1 Å². The molecule has 12 nitrogen and oxygen atoms in total. The molecule has 2 aliphatic carbocycles. The summed E-state index contributed by atoms with van der Waals surface area (Å²) in [6, 6.07) is 9.37. The van der Waals surface area contributed by atoms with Crippen LogP contribution in [0.25, 0.3) is 5.57 Å². The topological polar surface area (TPSA) is 160 Å². The van der Waals surface area contributed by atoms with Gasteiger partial charge in [-0.3, -0.25) is 9.18 Å². The van der Waals surface area contributed by atoms with Crippen molar-refractivity contribution in [3.05, 3.63) is 64.5 Å². The van der Waals surface area contributed by atoms with Crippen molar-refractivity contribution >= 4 is 39.2 Å². The van der Waals surface area contributed by atoms with Gasteiger partial charge in [0, 0.05) is 42.7 Å². The van der Waals surface area contributed by atoms with Crippen LogP contribution in [0.15, 0.2) is 41.5 Å². The maximum absolute atomic E-state index is 13.9. The van der Waals surface area contributed by atoms with E-state index in [0.717, 1.165) is 49.5 Å². The zero-order valence-electron chi connectivity index (χ0n) is 34.3. The Hall–Kier alpha value is -3.81. The van der Waals surface area contributed by atoms with Crippen molar-refractivity contribution < 1.29 is 36.4 Å². The summed E-state index contributed by atoms with van der Waals surface area (Å²) in [5, 5.41) is 0. The Balaban J connectivity index is 1.44. The molecular weight excluding hydrogens is 721 g/mol.